The second kappa shape index (κ2) is 8.01. The molecule has 0 saturated carbocycles. The lowest BCUT2D eigenvalue weighted by Crippen LogP contribution is -2.16. The van der Waals surface area contributed by atoms with Crippen molar-refractivity contribution in [1.82, 2.24) is 9.55 Å². The van der Waals surface area contributed by atoms with Gasteiger partial charge in [-0.2, -0.15) is 0 Å². The number of aromatic nitrogens is 2. The van der Waals surface area contributed by atoms with Gasteiger partial charge in [-0.25, -0.2) is 17.8 Å². The molecule has 0 aliphatic carbocycles. The van der Waals surface area contributed by atoms with Crippen LogP contribution in [0.4, 0.5) is 4.39 Å². The van der Waals surface area contributed by atoms with E-state index in [0.29, 0.717) is 33.7 Å². The molecule has 160 valence electrons. The fourth-order valence-corrected chi connectivity index (χ4v) is 4.68. The fourth-order valence-electron chi connectivity index (χ4n) is 3.55. The van der Waals surface area contributed by atoms with Crippen LogP contribution >= 0.6 is 11.6 Å². The van der Waals surface area contributed by atoms with Gasteiger partial charge in [0.2, 0.25) is 0 Å². The van der Waals surface area contributed by atoms with E-state index in [1.807, 2.05) is 0 Å². The van der Waals surface area contributed by atoms with Crippen molar-refractivity contribution >= 4 is 27.1 Å². The van der Waals surface area contributed by atoms with Crippen LogP contribution in [0.15, 0.2) is 52.5 Å². The molecular weight excluding hydrogens is 441 g/mol. The third-order valence-electron chi connectivity index (χ3n) is 5.21. The van der Waals surface area contributed by atoms with Crippen LogP contribution < -0.4 is 5.56 Å². The molecule has 0 fully saturated rings. The van der Waals surface area contributed by atoms with E-state index >= 15 is 0 Å². The van der Waals surface area contributed by atoms with Gasteiger partial charge in [0.1, 0.15) is 11.5 Å². The van der Waals surface area contributed by atoms with Gasteiger partial charge < -0.3 is 4.57 Å². The maximum Gasteiger partial charge on any atom is 0.250 e. The van der Waals surface area contributed by atoms with Crippen LogP contribution in [0.5, 0.6) is 0 Å². The van der Waals surface area contributed by atoms with Crippen molar-refractivity contribution < 1.29 is 12.8 Å². The third-order valence-corrected chi connectivity index (χ3v) is 7.15. The summed E-state index contributed by atoms with van der Waals surface area (Å²) in [6, 6.07) is 7.98. The van der Waals surface area contributed by atoms with E-state index in [-0.39, 0.29) is 28.6 Å². The molecule has 1 aliphatic heterocycles. The number of sulfone groups is 1. The second-order valence-electron chi connectivity index (χ2n) is 7.37. The topological polar surface area (TPSA) is 81.4 Å². The molecule has 0 unspecified atom stereocenters. The number of hydrogen-bond acceptors (Lipinski definition) is 5. The Kier molecular flexibility index (Phi) is 5.53. The minimum Gasteiger partial charge on any atom is -0.318 e. The molecule has 4 rings (SSSR count). The summed E-state index contributed by atoms with van der Waals surface area (Å²) in [6.07, 6.45) is 2.78. The molecule has 3 heterocycles. The molecule has 0 bridgehead atoms. The van der Waals surface area contributed by atoms with Gasteiger partial charge in [-0.15, -0.1) is 0 Å². The molecular formula is C22H19ClFN3O3S. The highest BCUT2D eigenvalue weighted by molar-refractivity contribution is 7.90. The van der Waals surface area contributed by atoms with Gasteiger partial charge in [0.25, 0.3) is 5.56 Å². The first-order chi connectivity index (χ1) is 14.7. The summed E-state index contributed by atoms with van der Waals surface area (Å²) < 4.78 is 39.4. The quantitative estimate of drug-likeness (QED) is 0.597. The van der Waals surface area contributed by atoms with Crippen LogP contribution in [0.25, 0.3) is 11.1 Å². The smallest absolute Gasteiger partial charge is 0.250 e. The minimum atomic E-state index is -3.24. The Bertz CT molecular complexity index is 1400. The van der Waals surface area contributed by atoms with Gasteiger partial charge in [-0.1, -0.05) is 30.7 Å². The Hall–Kier alpha value is -2.84. The van der Waals surface area contributed by atoms with Crippen molar-refractivity contribution in [2.75, 3.05) is 5.75 Å². The average Bonchev–Trinajstić information content (AvgIpc) is 2.85. The molecule has 6 nitrogen and oxygen atoms in total. The normalized spacial score (nSPS) is 13.2. The number of pyridine rings is 2. The molecule has 9 heteroatoms. The Morgan fingerprint density at radius 3 is 2.65 bits per heavy atom. The Morgan fingerprint density at radius 2 is 1.94 bits per heavy atom. The SMILES string of the molecule is CCS(=O)(=O)Cc1ccc2c(c1)-c1cn(C)c(=O)cc1CN=C2c1ncc(F)cc1Cl. The van der Waals surface area contributed by atoms with Crippen LogP contribution in [0.1, 0.15) is 29.3 Å². The van der Waals surface area contributed by atoms with Crippen molar-refractivity contribution in [3.05, 3.63) is 86.3 Å². The number of hydrogen-bond donors (Lipinski definition) is 0. The van der Waals surface area contributed by atoms with E-state index < -0.39 is 15.7 Å². The predicted molar refractivity (Wildman–Crippen MR) is 119 cm³/mol. The number of rotatable bonds is 4. The van der Waals surface area contributed by atoms with Crippen molar-refractivity contribution in [1.29, 1.82) is 0 Å². The van der Waals surface area contributed by atoms with E-state index in [2.05, 4.69) is 9.98 Å². The van der Waals surface area contributed by atoms with E-state index in [1.165, 1.54) is 16.7 Å². The first-order valence-corrected chi connectivity index (χ1v) is 11.8. The maximum absolute atomic E-state index is 13.6. The number of nitrogens with zero attached hydrogens (tertiary/aromatic N) is 3. The van der Waals surface area contributed by atoms with Gasteiger partial charge in [0.05, 0.1) is 29.2 Å². The van der Waals surface area contributed by atoms with Crippen LogP contribution in [0.2, 0.25) is 5.02 Å². The van der Waals surface area contributed by atoms with Crippen LogP contribution in [0, 0.1) is 5.82 Å². The zero-order valence-corrected chi connectivity index (χ0v) is 18.5. The highest BCUT2D eigenvalue weighted by atomic mass is 35.5. The molecule has 1 aromatic carbocycles. The van der Waals surface area contributed by atoms with Gasteiger partial charge in [0.15, 0.2) is 9.84 Å². The van der Waals surface area contributed by atoms with Crippen molar-refractivity contribution in [3.8, 4) is 11.1 Å². The second-order valence-corrected chi connectivity index (χ2v) is 10.1. The van der Waals surface area contributed by atoms with Crippen molar-refractivity contribution in [3.63, 3.8) is 0 Å². The molecule has 0 spiro atoms. The average molecular weight is 460 g/mol. The molecule has 0 amide bonds. The monoisotopic (exact) mass is 459 g/mol. The zero-order valence-electron chi connectivity index (χ0n) is 16.9. The Morgan fingerprint density at radius 1 is 1.16 bits per heavy atom. The highest BCUT2D eigenvalue weighted by Gasteiger charge is 2.23. The summed E-state index contributed by atoms with van der Waals surface area (Å²) in [5, 5.41) is 0.114. The summed E-state index contributed by atoms with van der Waals surface area (Å²) in [5.74, 6) is -0.619. The van der Waals surface area contributed by atoms with E-state index in [4.69, 9.17) is 11.6 Å². The van der Waals surface area contributed by atoms with Gasteiger partial charge in [-0.3, -0.25) is 9.79 Å². The van der Waals surface area contributed by atoms with Crippen LogP contribution in [-0.4, -0.2) is 29.4 Å². The molecule has 1 aliphatic rings. The molecule has 2 aromatic heterocycles. The summed E-state index contributed by atoms with van der Waals surface area (Å²) in [7, 11) is -1.59. The van der Waals surface area contributed by atoms with Gasteiger partial charge >= 0.3 is 0 Å². The molecule has 31 heavy (non-hydrogen) atoms. The molecule has 0 radical (unpaired) electrons. The first-order valence-electron chi connectivity index (χ1n) is 9.58. The molecule has 3 aromatic rings. The predicted octanol–water partition coefficient (Wildman–Crippen LogP) is 3.53. The molecule has 0 atom stereocenters. The number of halogens is 2. The van der Waals surface area contributed by atoms with Crippen molar-refractivity contribution in [2.24, 2.45) is 12.0 Å². The van der Waals surface area contributed by atoms with E-state index in [9.17, 15) is 17.6 Å². The van der Waals surface area contributed by atoms with Gasteiger partial charge in [0, 0.05) is 36.2 Å². The number of benzene rings is 1. The maximum atomic E-state index is 13.6. The number of aliphatic imine (C=N–C) groups is 1. The first kappa shape index (κ1) is 21.4. The fraction of sp³-hybridized carbons (Fsp3) is 0.227. The third kappa shape index (κ3) is 4.18. The molecule has 0 saturated heterocycles. The largest absolute Gasteiger partial charge is 0.318 e. The minimum absolute atomic E-state index is 0.0387. The lowest BCUT2D eigenvalue weighted by molar-refractivity contribution is 0.596. The van der Waals surface area contributed by atoms with Crippen molar-refractivity contribution in [2.45, 2.75) is 19.2 Å². The zero-order chi connectivity index (χ0) is 22.3. The lowest BCUT2D eigenvalue weighted by atomic mass is 9.93. The van der Waals surface area contributed by atoms with Crippen LogP contribution in [0.3, 0.4) is 0 Å². The summed E-state index contributed by atoms with van der Waals surface area (Å²) >= 11 is 6.26. The summed E-state index contributed by atoms with van der Waals surface area (Å²) in [5.41, 5.74) is 4.08. The van der Waals surface area contributed by atoms with E-state index in [0.717, 1.165) is 11.8 Å². The highest BCUT2D eigenvalue weighted by Crippen LogP contribution is 2.34. The standard InChI is InChI=1S/C22H19ClFN3O3S/c1-3-31(29,30)12-13-4-5-16-17(6-13)18-11-27(2)20(28)7-14(18)9-25-21(16)22-19(23)8-15(24)10-26-22/h4-8,10-11H,3,9,12H2,1-2H3. The van der Waals surface area contributed by atoms with E-state index in [1.54, 1.807) is 38.4 Å². The summed E-state index contributed by atoms with van der Waals surface area (Å²) in [4.78, 5) is 21.0. The Labute approximate surface area is 184 Å². The lowest BCUT2D eigenvalue weighted by Gasteiger charge is -2.14. The van der Waals surface area contributed by atoms with Gasteiger partial charge in [-0.05, 0) is 28.8 Å². The summed E-state index contributed by atoms with van der Waals surface area (Å²) in [6.45, 7) is 1.81. The number of fused-ring (bicyclic) bond motifs is 3. The number of aryl methyl sites for hydroxylation is 1. The Balaban J connectivity index is 1.98. The molecule has 0 N–H and O–H groups in total. The van der Waals surface area contributed by atoms with Crippen LogP contribution in [-0.2, 0) is 29.2 Å².